The van der Waals surface area contributed by atoms with Crippen molar-refractivity contribution in [2.75, 3.05) is 19.6 Å². The number of nitrogens with zero attached hydrogens (tertiary/aromatic N) is 3. The molecule has 1 aliphatic rings. The smallest absolute Gasteiger partial charge is 0.258 e. The topological polar surface area (TPSA) is 92.7 Å². The molecular weight excluding hydrogens is 270 g/mol. The molecule has 0 bridgehead atoms. The van der Waals surface area contributed by atoms with Gasteiger partial charge in [-0.05, 0) is 25.1 Å². The molecule has 3 rings (SSSR count). The first-order valence-corrected chi connectivity index (χ1v) is 6.89. The van der Waals surface area contributed by atoms with Crippen LogP contribution >= 0.6 is 0 Å². The van der Waals surface area contributed by atoms with E-state index in [1.807, 2.05) is 18.2 Å². The average Bonchev–Trinajstić information content (AvgIpc) is 3.13. The van der Waals surface area contributed by atoms with E-state index in [1.54, 1.807) is 15.6 Å². The highest BCUT2D eigenvalue weighted by Crippen LogP contribution is 2.17. The summed E-state index contributed by atoms with van der Waals surface area (Å²) in [5.74, 6) is -0.713. The number of hydrogen-bond donors (Lipinski definition) is 2. The first-order valence-electron chi connectivity index (χ1n) is 6.89. The molecule has 0 saturated carbocycles. The molecule has 0 radical (unpaired) electrons. The molecule has 1 saturated heterocycles. The molecule has 0 spiro atoms. The summed E-state index contributed by atoms with van der Waals surface area (Å²) >= 11 is 0. The molecule has 1 fully saturated rings. The zero-order chi connectivity index (χ0) is 14.8. The fourth-order valence-electron chi connectivity index (χ4n) is 2.69. The predicted molar refractivity (Wildman–Crippen MR) is 76.7 cm³/mol. The first-order chi connectivity index (χ1) is 10.2. The van der Waals surface area contributed by atoms with E-state index >= 15 is 0 Å². The van der Waals surface area contributed by atoms with Gasteiger partial charge in [-0.2, -0.15) is 5.10 Å². The number of aromatic nitrogens is 2. The Kier molecular flexibility index (Phi) is 3.57. The molecular formula is C14H17N5O2. The van der Waals surface area contributed by atoms with E-state index in [0.29, 0.717) is 12.1 Å². The minimum absolute atomic E-state index is 0.0105. The van der Waals surface area contributed by atoms with Crippen molar-refractivity contribution < 1.29 is 9.59 Å². The molecule has 7 nitrogen and oxygen atoms in total. The number of nitrogens with two attached hydrogens (primary N) is 1. The average molecular weight is 287 g/mol. The predicted octanol–water partition coefficient (Wildman–Crippen LogP) is -0.376. The van der Waals surface area contributed by atoms with Crippen molar-refractivity contribution in [3.63, 3.8) is 0 Å². The van der Waals surface area contributed by atoms with E-state index in [-0.39, 0.29) is 18.5 Å². The lowest BCUT2D eigenvalue weighted by Gasteiger charge is -2.27. The van der Waals surface area contributed by atoms with Crippen LogP contribution in [0.4, 0.5) is 0 Å². The van der Waals surface area contributed by atoms with Gasteiger partial charge in [0.2, 0.25) is 5.91 Å². The van der Waals surface area contributed by atoms with E-state index in [9.17, 15) is 9.59 Å². The molecule has 1 unspecified atom stereocenters. The number of fused-ring (bicyclic) bond motifs is 1. The molecule has 2 aromatic rings. The Morgan fingerprint density at radius 2 is 2.33 bits per heavy atom. The number of carbonyl (C=O) groups excluding carboxylic acids is 2. The molecule has 0 aliphatic carbocycles. The Morgan fingerprint density at radius 3 is 3.05 bits per heavy atom. The van der Waals surface area contributed by atoms with Crippen LogP contribution in [0.1, 0.15) is 16.8 Å². The van der Waals surface area contributed by atoms with Crippen LogP contribution in [0.25, 0.3) is 5.52 Å². The van der Waals surface area contributed by atoms with Gasteiger partial charge in [-0.1, -0.05) is 6.07 Å². The lowest BCUT2D eigenvalue weighted by Crippen LogP contribution is -2.46. The van der Waals surface area contributed by atoms with Gasteiger partial charge in [0.15, 0.2) is 0 Å². The summed E-state index contributed by atoms with van der Waals surface area (Å²) in [4.78, 5) is 25.6. The Labute approximate surface area is 121 Å². The Bertz CT molecular complexity index is 675. The second-order valence-corrected chi connectivity index (χ2v) is 5.13. The quantitative estimate of drug-likeness (QED) is 0.802. The summed E-state index contributed by atoms with van der Waals surface area (Å²) in [7, 11) is 0. The minimum atomic E-state index is -0.508. The van der Waals surface area contributed by atoms with Crippen molar-refractivity contribution in [3.8, 4) is 0 Å². The molecule has 110 valence electrons. The highest BCUT2D eigenvalue weighted by Gasteiger charge is 2.29. The monoisotopic (exact) mass is 287 g/mol. The summed E-state index contributed by atoms with van der Waals surface area (Å²) < 4.78 is 1.64. The number of carbonyl (C=O) groups is 2. The first kappa shape index (κ1) is 13.6. The van der Waals surface area contributed by atoms with E-state index in [1.165, 1.54) is 6.20 Å². The van der Waals surface area contributed by atoms with Gasteiger partial charge in [-0.3, -0.25) is 9.59 Å². The maximum Gasteiger partial charge on any atom is 0.258 e. The van der Waals surface area contributed by atoms with Crippen LogP contribution in [0, 0.1) is 0 Å². The van der Waals surface area contributed by atoms with E-state index < -0.39 is 5.91 Å². The van der Waals surface area contributed by atoms with Gasteiger partial charge < -0.3 is 16.0 Å². The molecule has 1 aliphatic heterocycles. The molecule has 1 atom stereocenters. The Hall–Kier alpha value is -2.41. The molecule has 21 heavy (non-hydrogen) atoms. The van der Waals surface area contributed by atoms with Gasteiger partial charge in [0.1, 0.15) is 0 Å². The molecule has 0 aromatic carbocycles. The van der Waals surface area contributed by atoms with Crippen molar-refractivity contribution in [3.05, 3.63) is 36.2 Å². The lowest BCUT2D eigenvalue weighted by atomic mass is 10.1. The van der Waals surface area contributed by atoms with Crippen molar-refractivity contribution >= 4 is 17.3 Å². The van der Waals surface area contributed by atoms with Crippen LogP contribution in [0.15, 0.2) is 30.6 Å². The van der Waals surface area contributed by atoms with Gasteiger partial charge >= 0.3 is 0 Å². The summed E-state index contributed by atoms with van der Waals surface area (Å²) in [6, 6.07) is 5.51. The van der Waals surface area contributed by atoms with Crippen LogP contribution in [-0.2, 0) is 4.79 Å². The van der Waals surface area contributed by atoms with E-state index in [4.69, 9.17) is 5.73 Å². The van der Waals surface area contributed by atoms with Gasteiger partial charge in [-0.15, -0.1) is 0 Å². The van der Waals surface area contributed by atoms with Gasteiger partial charge in [0.25, 0.3) is 5.91 Å². The zero-order valence-electron chi connectivity index (χ0n) is 11.5. The molecule has 2 amide bonds. The largest absolute Gasteiger partial charge is 0.368 e. The summed E-state index contributed by atoms with van der Waals surface area (Å²) in [6.07, 6.45) is 4.13. The van der Waals surface area contributed by atoms with Crippen molar-refractivity contribution in [2.24, 2.45) is 5.73 Å². The fraction of sp³-hybridized carbons (Fsp3) is 0.357. The Morgan fingerprint density at radius 1 is 1.48 bits per heavy atom. The van der Waals surface area contributed by atoms with E-state index in [0.717, 1.165) is 18.5 Å². The number of amides is 2. The van der Waals surface area contributed by atoms with Crippen LogP contribution in [0.2, 0.25) is 0 Å². The lowest BCUT2D eigenvalue weighted by molar-refractivity contribution is -0.119. The molecule has 3 N–H and O–H groups in total. The van der Waals surface area contributed by atoms with E-state index in [2.05, 4.69) is 10.4 Å². The fourth-order valence-corrected chi connectivity index (χ4v) is 2.69. The summed E-state index contributed by atoms with van der Waals surface area (Å²) in [6.45, 7) is 1.44. The SMILES string of the molecule is NC(=O)CN(C(=O)c1cnn2ccccc12)C1CCNC1. The highest BCUT2D eigenvalue weighted by atomic mass is 16.2. The van der Waals surface area contributed by atoms with Crippen molar-refractivity contribution in [1.29, 1.82) is 0 Å². The molecule has 3 heterocycles. The Balaban J connectivity index is 1.94. The second-order valence-electron chi connectivity index (χ2n) is 5.13. The maximum absolute atomic E-state index is 12.8. The van der Waals surface area contributed by atoms with Crippen molar-refractivity contribution in [1.82, 2.24) is 19.8 Å². The third-order valence-corrected chi connectivity index (χ3v) is 3.72. The van der Waals surface area contributed by atoms with Crippen LogP contribution in [0.5, 0.6) is 0 Å². The van der Waals surface area contributed by atoms with Gasteiger partial charge in [0.05, 0.1) is 23.8 Å². The third-order valence-electron chi connectivity index (χ3n) is 3.72. The highest BCUT2D eigenvalue weighted by molar-refractivity contribution is 6.02. The number of nitrogens with one attached hydrogen (secondary N) is 1. The van der Waals surface area contributed by atoms with Crippen LogP contribution in [0.3, 0.4) is 0 Å². The molecule has 2 aromatic heterocycles. The van der Waals surface area contributed by atoms with Gasteiger partial charge in [-0.25, -0.2) is 4.52 Å². The minimum Gasteiger partial charge on any atom is -0.368 e. The van der Waals surface area contributed by atoms with Crippen LogP contribution in [-0.4, -0.2) is 52.0 Å². The van der Waals surface area contributed by atoms with Crippen molar-refractivity contribution in [2.45, 2.75) is 12.5 Å². The summed E-state index contributed by atoms with van der Waals surface area (Å²) in [5, 5.41) is 7.36. The number of primary amides is 1. The maximum atomic E-state index is 12.8. The van der Waals surface area contributed by atoms with Crippen LogP contribution < -0.4 is 11.1 Å². The standard InChI is InChI=1S/C14H17N5O2/c15-13(20)9-18(10-4-5-16-7-10)14(21)11-8-17-19-6-2-1-3-12(11)19/h1-3,6,8,10,16H,4-5,7,9H2,(H2,15,20). The zero-order valence-corrected chi connectivity index (χ0v) is 11.5. The number of pyridine rings is 1. The second kappa shape index (κ2) is 5.53. The molecule has 7 heteroatoms. The third kappa shape index (κ3) is 2.59. The summed E-state index contributed by atoms with van der Waals surface area (Å²) in [5.41, 5.74) is 6.51. The number of rotatable bonds is 4. The van der Waals surface area contributed by atoms with Gasteiger partial charge in [0, 0.05) is 18.8 Å². The normalized spacial score (nSPS) is 18.0. The number of hydrogen-bond acceptors (Lipinski definition) is 4.